The number of nitrogens with zero attached hydrogens (tertiary/aromatic N) is 3. The van der Waals surface area contributed by atoms with Crippen molar-refractivity contribution in [3.05, 3.63) is 29.8 Å². The predicted octanol–water partition coefficient (Wildman–Crippen LogP) is 2.04. The molecule has 1 atom stereocenters. The molecule has 1 unspecified atom stereocenters. The van der Waals surface area contributed by atoms with Gasteiger partial charge in [0.1, 0.15) is 11.6 Å². The van der Waals surface area contributed by atoms with Crippen molar-refractivity contribution in [3.63, 3.8) is 0 Å². The fraction of sp³-hybridized carbons (Fsp3) is 0.429. The van der Waals surface area contributed by atoms with Crippen LogP contribution in [0.5, 0.6) is 0 Å². The van der Waals surface area contributed by atoms with Crippen LogP contribution in [0.1, 0.15) is 6.42 Å². The summed E-state index contributed by atoms with van der Waals surface area (Å²) >= 11 is 1.21. The van der Waals surface area contributed by atoms with Gasteiger partial charge in [-0.2, -0.15) is 9.36 Å². The number of benzene rings is 1. The maximum absolute atomic E-state index is 13.3. The second-order valence-corrected chi connectivity index (χ2v) is 5.82. The van der Waals surface area contributed by atoms with Gasteiger partial charge >= 0.3 is 0 Å². The van der Waals surface area contributed by atoms with E-state index in [1.54, 1.807) is 0 Å². The third-order valence-electron chi connectivity index (χ3n) is 3.42. The van der Waals surface area contributed by atoms with E-state index in [0.717, 1.165) is 19.0 Å². The standard InChI is InChI=1S/C14H16F2N4OS/c15-10-4-9(5-11(16)6-10)13-18-14(22-19-13)20-2-1-3-21-12(7-17)8-20/h4-6,12H,1-3,7-8,17H2. The fourth-order valence-corrected chi connectivity index (χ4v) is 3.08. The molecular formula is C14H16F2N4OS. The van der Waals surface area contributed by atoms with Gasteiger partial charge < -0.3 is 15.4 Å². The summed E-state index contributed by atoms with van der Waals surface area (Å²) in [5, 5.41) is 0.712. The Morgan fingerprint density at radius 1 is 1.32 bits per heavy atom. The van der Waals surface area contributed by atoms with Gasteiger partial charge in [-0.1, -0.05) is 0 Å². The number of halogens is 2. The molecule has 1 aliphatic heterocycles. The van der Waals surface area contributed by atoms with Gasteiger partial charge in [0.05, 0.1) is 6.10 Å². The van der Waals surface area contributed by atoms with Crippen LogP contribution in [0.4, 0.5) is 13.9 Å². The summed E-state index contributed by atoms with van der Waals surface area (Å²) in [5.41, 5.74) is 6.01. The van der Waals surface area contributed by atoms with Crippen LogP contribution >= 0.6 is 11.5 Å². The molecule has 1 fully saturated rings. The highest BCUT2D eigenvalue weighted by molar-refractivity contribution is 7.09. The van der Waals surface area contributed by atoms with Gasteiger partial charge in [0.2, 0.25) is 5.13 Å². The molecule has 1 aromatic heterocycles. The topological polar surface area (TPSA) is 64.3 Å². The van der Waals surface area contributed by atoms with Gasteiger partial charge in [-0.15, -0.1) is 0 Å². The largest absolute Gasteiger partial charge is 0.375 e. The monoisotopic (exact) mass is 326 g/mol. The molecule has 8 heteroatoms. The average molecular weight is 326 g/mol. The maximum Gasteiger partial charge on any atom is 0.205 e. The smallest absolute Gasteiger partial charge is 0.205 e. The van der Waals surface area contributed by atoms with Gasteiger partial charge in [0.25, 0.3) is 0 Å². The molecular weight excluding hydrogens is 310 g/mol. The molecule has 118 valence electrons. The molecule has 0 aliphatic carbocycles. The predicted molar refractivity (Wildman–Crippen MR) is 80.9 cm³/mol. The Morgan fingerprint density at radius 3 is 2.82 bits per heavy atom. The summed E-state index contributed by atoms with van der Waals surface area (Å²) in [7, 11) is 0. The molecule has 1 aliphatic rings. The molecule has 0 bridgehead atoms. The van der Waals surface area contributed by atoms with Crippen LogP contribution in [0.2, 0.25) is 0 Å². The van der Waals surface area contributed by atoms with Crippen molar-refractivity contribution in [1.82, 2.24) is 9.36 Å². The van der Waals surface area contributed by atoms with Crippen LogP contribution < -0.4 is 10.6 Å². The van der Waals surface area contributed by atoms with Crippen molar-refractivity contribution in [1.29, 1.82) is 0 Å². The average Bonchev–Trinajstić information content (AvgIpc) is 2.85. The highest BCUT2D eigenvalue weighted by Gasteiger charge is 2.21. The number of rotatable bonds is 3. The van der Waals surface area contributed by atoms with E-state index in [9.17, 15) is 8.78 Å². The Bertz CT molecular complexity index is 631. The van der Waals surface area contributed by atoms with E-state index in [4.69, 9.17) is 10.5 Å². The summed E-state index contributed by atoms with van der Waals surface area (Å²) in [6.45, 7) is 2.54. The Balaban J connectivity index is 1.83. The lowest BCUT2D eigenvalue weighted by atomic mass is 10.2. The summed E-state index contributed by atoms with van der Waals surface area (Å²) in [5.74, 6) is -0.955. The number of aromatic nitrogens is 2. The van der Waals surface area contributed by atoms with E-state index in [0.29, 0.717) is 36.2 Å². The van der Waals surface area contributed by atoms with Crippen molar-refractivity contribution in [2.24, 2.45) is 5.73 Å². The van der Waals surface area contributed by atoms with E-state index < -0.39 is 11.6 Å². The Morgan fingerprint density at radius 2 is 2.09 bits per heavy atom. The second kappa shape index (κ2) is 6.64. The lowest BCUT2D eigenvalue weighted by Crippen LogP contribution is -2.36. The van der Waals surface area contributed by atoms with Crippen LogP contribution in [-0.2, 0) is 4.74 Å². The first-order valence-electron chi connectivity index (χ1n) is 7.02. The lowest BCUT2D eigenvalue weighted by molar-refractivity contribution is 0.0749. The maximum atomic E-state index is 13.3. The molecule has 0 saturated carbocycles. The first-order chi connectivity index (χ1) is 10.7. The van der Waals surface area contributed by atoms with Crippen molar-refractivity contribution < 1.29 is 13.5 Å². The van der Waals surface area contributed by atoms with Crippen LogP contribution in [0.15, 0.2) is 18.2 Å². The molecule has 1 aromatic carbocycles. The molecule has 0 radical (unpaired) electrons. The van der Waals surface area contributed by atoms with E-state index in [-0.39, 0.29) is 6.10 Å². The Kier molecular flexibility index (Phi) is 4.60. The van der Waals surface area contributed by atoms with E-state index >= 15 is 0 Å². The van der Waals surface area contributed by atoms with Crippen LogP contribution in [0.25, 0.3) is 11.4 Å². The van der Waals surface area contributed by atoms with Crippen LogP contribution in [-0.4, -0.2) is 41.7 Å². The molecule has 2 aromatic rings. The van der Waals surface area contributed by atoms with Gasteiger partial charge in [0.15, 0.2) is 5.82 Å². The molecule has 22 heavy (non-hydrogen) atoms. The van der Waals surface area contributed by atoms with Crippen LogP contribution in [0.3, 0.4) is 0 Å². The minimum Gasteiger partial charge on any atom is -0.375 e. The third kappa shape index (κ3) is 3.40. The normalized spacial score (nSPS) is 19.2. The zero-order chi connectivity index (χ0) is 15.5. The van der Waals surface area contributed by atoms with E-state index in [1.807, 2.05) is 0 Å². The lowest BCUT2D eigenvalue weighted by Gasteiger charge is -2.21. The van der Waals surface area contributed by atoms with Gasteiger partial charge in [-0.3, -0.25) is 0 Å². The number of anilines is 1. The van der Waals surface area contributed by atoms with Gasteiger partial charge in [0, 0.05) is 49.4 Å². The van der Waals surface area contributed by atoms with Crippen LogP contribution in [0, 0.1) is 11.6 Å². The minimum atomic E-state index is -0.641. The molecule has 0 spiro atoms. The molecule has 2 N–H and O–H groups in total. The molecule has 2 heterocycles. The SMILES string of the molecule is NCC1CN(c2nc(-c3cc(F)cc(F)c3)ns2)CCCO1. The van der Waals surface area contributed by atoms with Crippen molar-refractivity contribution in [3.8, 4) is 11.4 Å². The first-order valence-corrected chi connectivity index (χ1v) is 7.80. The third-order valence-corrected chi connectivity index (χ3v) is 4.20. The number of hydrogen-bond donors (Lipinski definition) is 1. The highest BCUT2D eigenvalue weighted by Crippen LogP contribution is 2.26. The van der Waals surface area contributed by atoms with Crippen molar-refractivity contribution >= 4 is 16.7 Å². The molecule has 1 saturated heterocycles. The van der Waals surface area contributed by atoms with E-state index in [2.05, 4.69) is 14.3 Å². The number of ether oxygens (including phenoxy) is 1. The number of nitrogens with two attached hydrogens (primary N) is 1. The first kappa shape index (κ1) is 15.3. The van der Waals surface area contributed by atoms with Gasteiger partial charge in [-0.05, 0) is 18.6 Å². The van der Waals surface area contributed by atoms with E-state index in [1.165, 1.54) is 23.7 Å². The summed E-state index contributed by atoms with van der Waals surface area (Å²) in [4.78, 5) is 6.46. The Labute approximate surface area is 130 Å². The number of hydrogen-bond acceptors (Lipinski definition) is 6. The highest BCUT2D eigenvalue weighted by atomic mass is 32.1. The summed E-state index contributed by atoms with van der Waals surface area (Å²) in [6, 6.07) is 3.28. The summed E-state index contributed by atoms with van der Waals surface area (Å²) < 4.78 is 36.4. The van der Waals surface area contributed by atoms with Crippen molar-refractivity contribution in [2.75, 3.05) is 31.1 Å². The van der Waals surface area contributed by atoms with Gasteiger partial charge in [-0.25, -0.2) is 8.78 Å². The molecule has 3 rings (SSSR count). The fourth-order valence-electron chi connectivity index (χ4n) is 2.36. The zero-order valence-corrected chi connectivity index (χ0v) is 12.7. The Hall–Kier alpha value is -1.64. The minimum absolute atomic E-state index is 0.0403. The zero-order valence-electron chi connectivity index (χ0n) is 11.8. The summed E-state index contributed by atoms with van der Waals surface area (Å²) in [6.07, 6.45) is 0.835. The quantitative estimate of drug-likeness (QED) is 0.935. The van der Waals surface area contributed by atoms with Crippen molar-refractivity contribution in [2.45, 2.75) is 12.5 Å². The molecule has 0 amide bonds. The second-order valence-electron chi connectivity index (χ2n) is 5.09. The molecule has 5 nitrogen and oxygen atoms in total.